The lowest BCUT2D eigenvalue weighted by atomic mass is 9.90. The molecule has 0 amide bonds. The largest absolute Gasteiger partial charge is 0.480 e. The summed E-state index contributed by atoms with van der Waals surface area (Å²) < 4.78 is 1.65. The van der Waals surface area contributed by atoms with Gasteiger partial charge in [0.2, 0.25) is 5.95 Å². The van der Waals surface area contributed by atoms with Gasteiger partial charge in [-0.05, 0) is 37.2 Å². The maximum absolute atomic E-state index is 11.9. The number of carbonyl (C=O) groups is 1. The Bertz CT molecular complexity index is 1480. The molecule has 1 saturated heterocycles. The minimum atomic E-state index is -1.03. The van der Waals surface area contributed by atoms with Crippen LogP contribution in [0.1, 0.15) is 18.3 Å². The molecule has 35 heavy (non-hydrogen) atoms. The van der Waals surface area contributed by atoms with Crippen LogP contribution in [0.2, 0.25) is 5.02 Å². The van der Waals surface area contributed by atoms with Crippen LogP contribution < -0.4 is 10.2 Å². The lowest BCUT2D eigenvalue weighted by Gasteiger charge is -2.47. The topological polar surface area (TPSA) is 119 Å². The third-order valence-electron chi connectivity index (χ3n) is 6.14. The van der Waals surface area contributed by atoms with Gasteiger partial charge in [-0.1, -0.05) is 48.9 Å². The summed E-state index contributed by atoms with van der Waals surface area (Å²) >= 11 is 6.56. The quantitative estimate of drug-likeness (QED) is 0.423. The molecule has 10 heteroatoms. The number of aliphatic carboxylic acids is 1. The van der Waals surface area contributed by atoms with Crippen molar-refractivity contribution in [1.29, 1.82) is 5.26 Å². The van der Waals surface area contributed by atoms with Crippen LogP contribution in [-0.2, 0) is 4.79 Å². The van der Waals surface area contributed by atoms with Gasteiger partial charge in [-0.25, -0.2) is 4.98 Å². The molecule has 0 saturated carbocycles. The number of anilines is 1. The minimum absolute atomic E-state index is 0.245. The molecule has 0 spiro atoms. The van der Waals surface area contributed by atoms with Crippen LogP contribution in [0, 0.1) is 18.3 Å². The van der Waals surface area contributed by atoms with Gasteiger partial charge in [-0.15, -0.1) is 0 Å². The van der Waals surface area contributed by atoms with E-state index in [-0.39, 0.29) is 13.1 Å². The standard InChI is InChI=1S/C25H22ClN7O2/c1-3-28-25(23(34)35)13-32(14-25)24-30-15(2)29-22-20(17-10-8-16(12-27)9-11-17)21(31-33(22)24)18-6-4-5-7-19(18)26/h4-11,28H,3,13-14H2,1-2H3,(H,34,35). The smallest absolute Gasteiger partial charge is 0.327 e. The van der Waals surface area contributed by atoms with E-state index in [2.05, 4.69) is 16.4 Å². The molecule has 5 rings (SSSR count). The van der Waals surface area contributed by atoms with Crippen molar-refractivity contribution in [2.24, 2.45) is 0 Å². The molecule has 1 fully saturated rings. The highest BCUT2D eigenvalue weighted by Crippen LogP contribution is 2.39. The first kappa shape index (κ1) is 22.8. The zero-order valence-corrected chi connectivity index (χ0v) is 19.9. The maximum Gasteiger partial charge on any atom is 0.327 e. The van der Waals surface area contributed by atoms with Crippen LogP contribution in [0.4, 0.5) is 5.95 Å². The Hall–Kier alpha value is -4.00. The normalized spacial score (nSPS) is 14.5. The molecule has 0 bridgehead atoms. The molecule has 176 valence electrons. The van der Waals surface area contributed by atoms with E-state index in [1.54, 1.807) is 29.6 Å². The van der Waals surface area contributed by atoms with E-state index in [0.717, 1.165) is 16.7 Å². The van der Waals surface area contributed by atoms with Gasteiger partial charge in [0.1, 0.15) is 11.5 Å². The van der Waals surface area contributed by atoms with E-state index in [0.29, 0.717) is 40.2 Å². The van der Waals surface area contributed by atoms with E-state index >= 15 is 0 Å². The number of halogens is 1. The van der Waals surface area contributed by atoms with Gasteiger partial charge in [0.15, 0.2) is 11.2 Å². The van der Waals surface area contributed by atoms with Crippen molar-refractivity contribution in [3.8, 4) is 28.5 Å². The number of likely N-dealkylation sites (N-methyl/N-ethyl adjacent to an activating group) is 1. The lowest BCUT2D eigenvalue weighted by molar-refractivity contribution is -0.146. The molecule has 0 atom stereocenters. The van der Waals surface area contributed by atoms with Crippen molar-refractivity contribution < 1.29 is 9.90 Å². The number of carboxylic acids is 1. The Morgan fingerprint density at radius 3 is 2.54 bits per heavy atom. The number of carboxylic acid groups (broad SMARTS) is 1. The molecule has 1 aliphatic rings. The van der Waals surface area contributed by atoms with E-state index in [1.165, 1.54) is 0 Å². The molecule has 0 aliphatic carbocycles. The van der Waals surface area contributed by atoms with Crippen LogP contribution in [-0.4, -0.2) is 55.8 Å². The maximum atomic E-state index is 11.9. The van der Waals surface area contributed by atoms with Crippen molar-refractivity contribution in [3.63, 3.8) is 0 Å². The van der Waals surface area contributed by atoms with Crippen LogP contribution in [0.3, 0.4) is 0 Å². The first-order chi connectivity index (χ1) is 16.9. The second kappa shape index (κ2) is 8.65. The summed E-state index contributed by atoms with van der Waals surface area (Å²) in [5.74, 6) is 0.146. The Balaban J connectivity index is 1.72. The monoisotopic (exact) mass is 487 g/mol. The Morgan fingerprint density at radius 2 is 1.91 bits per heavy atom. The van der Waals surface area contributed by atoms with Crippen LogP contribution >= 0.6 is 11.6 Å². The second-order valence-corrected chi connectivity index (χ2v) is 8.88. The lowest BCUT2D eigenvalue weighted by Crippen LogP contribution is -2.73. The van der Waals surface area contributed by atoms with Gasteiger partial charge in [0.05, 0.1) is 35.3 Å². The van der Waals surface area contributed by atoms with E-state index in [1.807, 2.05) is 42.2 Å². The highest BCUT2D eigenvalue weighted by atomic mass is 35.5. The number of hydrogen-bond donors (Lipinski definition) is 2. The SMILES string of the molecule is CCNC1(C(=O)O)CN(c2nc(C)nc3c(-c4ccc(C#N)cc4)c(-c4ccccc4Cl)nn23)C1. The Labute approximate surface area is 206 Å². The molecule has 2 aromatic heterocycles. The highest BCUT2D eigenvalue weighted by molar-refractivity contribution is 6.33. The van der Waals surface area contributed by atoms with Gasteiger partial charge in [0, 0.05) is 5.56 Å². The number of rotatable bonds is 6. The summed E-state index contributed by atoms with van der Waals surface area (Å²) in [6, 6.07) is 16.8. The highest BCUT2D eigenvalue weighted by Gasteiger charge is 2.50. The predicted octanol–water partition coefficient (Wildman–Crippen LogP) is 3.54. The fraction of sp³-hybridized carbons (Fsp3) is 0.240. The van der Waals surface area contributed by atoms with Gasteiger partial charge in [0.25, 0.3) is 0 Å². The van der Waals surface area contributed by atoms with Gasteiger partial charge >= 0.3 is 5.97 Å². The molecular formula is C25H22ClN7O2. The number of hydrogen-bond acceptors (Lipinski definition) is 7. The Morgan fingerprint density at radius 1 is 1.20 bits per heavy atom. The summed E-state index contributed by atoms with van der Waals surface area (Å²) in [5, 5.41) is 27.5. The molecular weight excluding hydrogens is 466 g/mol. The van der Waals surface area contributed by atoms with Gasteiger partial charge < -0.3 is 10.0 Å². The van der Waals surface area contributed by atoms with Gasteiger partial charge in [-0.3, -0.25) is 10.1 Å². The fourth-order valence-corrected chi connectivity index (χ4v) is 4.68. The van der Waals surface area contributed by atoms with E-state index in [4.69, 9.17) is 21.7 Å². The van der Waals surface area contributed by atoms with Crippen molar-refractivity contribution in [1.82, 2.24) is 24.9 Å². The molecule has 2 N–H and O–H groups in total. The molecule has 1 aliphatic heterocycles. The summed E-state index contributed by atoms with van der Waals surface area (Å²) in [4.78, 5) is 23.1. The number of aromatic nitrogens is 4. The summed E-state index contributed by atoms with van der Waals surface area (Å²) in [6.07, 6.45) is 0. The van der Waals surface area contributed by atoms with E-state index < -0.39 is 11.5 Å². The molecule has 3 heterocycles. The number of benzene rings is 2. The van der Waals surface area contributed by atoms with Crippen LogP contribution in [0.15, 0.2) is 48.5 Å². The molecule has 0 radical (unpaired) electrons. The molecule has 4 aromatic rings. The summed E-state index contributed by atoms with van der Waals surface area (Å²) in [6.45, 7) is 4.71. The number of nitrogens with one attached hydrogen (secondary N) is 1. The predicted molar refractivity (Wildman–Crippen MR) is 132 cm³/mol. The first-order valence-electron chi connectivity index (χ1n) is 11.1. The number of nitriles is 1. The van der Waals surface area contributed by atoms with Crippen molar-refractivity contribution >= 4 is 29.2 Å². The third-order valence-corrected chi connectivity index (χ3v) is 6.47. The van der Waals surface area contributed by atoms with Crippen molar-refractivity contribution in [3.05, 3.63) is 64.9 Å². The zero-order chi connectivity index (χ0) is 24.7. The number of fused-ring (bicyclic) bond motifs is 1. The third kappa shape index (κ3) is 3.77. The van der Waals surface area contributed by atoms with Crippen molar-refractivity contribution in [2.45, 2.75) is 19.4 Å². The molecule has 9 nitrogen and oxygen atoms in total. The van der Waals surface area contributed by atoms with Crippen molar-refractivity contribution in [2.75, 3.05) is 24.5 Å². The molecule has 2 aromatic carbocycles. The van der Waals surface area contributed by atoms with E-state index in [9.17, 15) is 15.2 Å². The molecule has 0 unspecified atom stereocenters. The summed E-state index contributed by atoms with van der Waals surface area (Å²) in [7, 11) is 0. The number of aryl methyl sites for hydroxylation is 1. The average molecular weight is 488 g/mol. The minimum Gasteiger partial charge on any atom is -0.480 e. The average Bonchev–Trinajstić information content (AvgIpc) is 3.19. The summed E-state index contributed by atoms with van der Waals surface area (Å²) in [5.41, 5.74) is 3.03. The van der Waals surface area contributed by atoms with Gasteiger partial charge in [-0.2, -0.15) is 19.9 Å². The Kier molecular flexibility index (Phi) is 5.63. The number of nitrogens with zero attached hydrogens (tertiary/aromatic N) is 6. The zero-order valence-electron chi connectivity index (χ0n) is 19.2. The van der Waals surface area contributed by atoms with Crippen LogP contribution in [0.5, 0.6) is 0 Å². The fourth-order valence-electron chi connectivity index (χ4n) is 4.45. The first-order valence-corrected chi connectivity index (χ1v) is 11.5. The van der Waals surface area contributed by atoms with Crippen LogP contribution in [0.25, 0.3) is 28.0 Å². The second-order valence-electron chi connectivity index (χ2n) is 8.47.